The molecule has 0 radical (unpaired) electrons. The van der Waals surface area contributed by atoms with Crippen LogP contribution < -0.4 is 14.4 Å². The fourth-order valence-electron chi connectivity index (χ4n) is 7.34. The van der Waals surface area contributed by atoms with Crippen molar-refractivity contribution in [3.63, 3.8) is 0 Å². The highest BCUT2D eigenvalue weighted by Crippen LogP contribution is 2.62. The van der Waals surface area contributed by atoms with E-state index >= 15 is 0 Å². The molecule has 3 atom stereocenters. The summed E-state index contributed by atoms with van der Waals surface area (Å²) in [5.41, 5.74) is 0.937. The van der Waals surface area contributed by atoms with Crippen molar-refractivity contribution in [1.82, 2.24) is 0 Å². The molecule has 2 heterocycles. The third-order valence-corrected chi connectivity index (χ3v) is 9.11. The molecule has 9 nitrogen and oxygen atoms in total. The second kappa shape index (κ2) is 10.0. The molecule has 1 aliphatic carbocycles. The Morgan fingerprint density at radius 2 is 1.50 bits per heavy atom. The first-order chi connectivity index (χ1) is 21.3. The third kappa shape index (κ3) is 3.55. The Hall–Kier alpha value is -5.57. The third-order valence-electron chi connectivity index (χ3n) is 9.11. The van der Waals surface area contributed by atoms with Gasteiger partial charge in [-0.2, -0.15) is 0 Å². The van der Waals surface area contributed by atoms with E-state index in [4.69, 9.17) is 9.47 Å². The molecule has 0 bridgehead atoms. The summed E-state index contributed by atoms with van der Waals surface area (Å²) in [6.45, 7) is 0. The number of benzene rings is 4. The van der Waals surface area contributed by atoms with Crippen LogP contribution in [-0.2, 0) is 0 Å². The molecular formula is C35H26N2O7. The highest BCUT2D eigenvalue weighted by atomic mass is 16.6. The van der Waals surface area contributed by atoms with Gasteiger partial charge in [-0.15, -0.1) is 0 Å². The van der Waals surface area contributed by atoms with Crippen LogP contribution in [0.1, 0.15) is 48.1 Å². The van der Waals surface area contributed by atoms with Gasteiger partial charge in [0.05, 0.1) is 25.2 Å². The monoisotopic (exact) mass is 586 g/mol. The zero-order valence-corrected chi connectivity index (χ0v) is 23.8. The Labute approximate surface area is 252 Å². The number of carbonyl (C=O) groups excluding carboxylic acids is 3. The maximum absolute atomic E-state index is 14.8. The fourth-order valence-corrected chi connectivity index (χ4v) is 7.34. The maximum atomic E-state index is 14.8. The van der Waals surface area contributed by atoms with Gasteiger partial charge in [0.15, 0.2) is 28.8 Å². The smallest absolute Gasteiger partial charge is 0.269 e. The molecule has 9 heteroatoms. The second-order valence-electron chi connectivity index (χ2n) is 11.0. The minimum atomic E-state index is -1.73. The number of hydrogen-bond donors (Lipinski definition) is 0. The summed E-state index contributed by atoms with van der Waals surface area (Å²) >= 11 is 0. The first-order valence-corrected chi connectivity index (χ1v) is 14.1. The lowest BCUT2D eigenvalue weighted by Gasteiger charge is -2.37. The lowest BCUT2D eigenvalue weighted by molar-refractivity contribution is -0.384. The van der Waals surface area contributed by atoms with Crippen LogP contribution in [0, 0.1) is 15.5 Å². The molecule has 218 valence electrons. The predicted molar refractivity (Wildman–Crippen MR) is 163 cm³/mol. The molecule has 2 aliphatic heterocycles. The highest BCUT2D eigenvalue weighted by Gasteiger charge is 2.72. The van der Waals surface area contributed by atoms with E-state index in [0.717, 1.165) is 5.56 Å². The number of para-hydroxylation sites is 2. The average molecular weight is 587 g/mol. The van der Waals surface area contributed by atoms with E-state index in [0.29, 0.717) is 33.9 Å². The van der Waals surface area contributed by atoms with E-state index in [9.17, 15) is 24.5 Å². The number of rotatable bonds is 6. The van der Waals surface area contributed by atoms with Crippen molar-refractivity contribution in [2.45, 2.75) is 18.0 Å². The Kier molecular flexibility index (Phi) is 6.21. The normalized spacial score (nSPS) is 20.7. The van der Waals surface area contributed by atoms with E-state index in [1.165, 1.54) is 38.5 Å². The number of nitro groups is 1. The SMILES string of the molecule is COc1cccc([C@@H]2[C@@H](C(=O)c3ccc([N+](=O)[O-])cc3)N3c4ccccc4C=C[C@@H]3C23C(=O)c2ccccc2C3=O)c1OC. The van der Waals surface area contributed by atoms with Gasteiger partial charge in [-0.25, -0.2) is 0 Å². The van der Waals surface area contributed by atoms with E-state index in [1.54, 1.807) is 42.5 Å². The number of Topliss-reactive ketones (excluding diaryl/α,β-unsaturated/α-hetero) is 3. The van der Waals surface area contributed by atoms with Gasteiger partial charge in [0.2, 0.25) is 0 Å². The Morgan fingerprint density at radius 1 is 0.841 bits per heavy atom. The van der Waals surface area contributed by atoms with Crippen LogP contribution in [0.3, 0.4) is 0 Å². The first-order valence-electron chi connectivity index (χ1n) is 14.1. The minimum Gasteiger partial charge on any atom is -0.493 e. The number of carbonyl (C=O) groups is 3. The number of fused-ring (bicyclic) bond motifs is 5. The topological polar surface area (TPSA) is 116 Å². The molecule has 0 amide bonds. The Balaban J connectivity index is 1.56. The standard InChI is InChI=1S/C35H26N2O7/c1-43-27-13-7-11-25(32(27)44-2)29-30(31(38)21-14-17-22(18-15-21)37(41)42)36-26-12-6-3-8-20(26)16-19-28(36)35(29)33(39)23-9-4-5-10-24(23)34(35)40/h3-19,28-30H,1-2H3/t28-,29-,30+/m1/s1. The quantitative estimate of drug-likeness (QED) is 0.118. The Bertz CT molecular complexity index is 1880. The van der Waals surface area contributed by atoms with Crippen LogP contribution in [0.5, 0.6) is 11.5 Å². The Morgan fingerprint density at radius 3 is 2.14 bits per heavy atom. The number of hydrogen-bond acceptors (Lipinski definition) is 8. The number of ketones is 3. The van der Waals surface area contributed by atoms with Gasteiger partial charge in [-0.3, -0.25) is 24.5 Å². The number of non-ortho nitro benzene ring substituents is 1. The van der Waals surface area contributed by atoms with E-state index in [1.807, 2.05) is 41.3 Å². The van der Waals surface area contributed by atoms with Gasteiger partial charge < -0.3 is 14.4 Å². The zero-order valence-electron chi connectivity index (χ0n) is 23.8. The molecule has 0 N–H and O–H groups in total. The van der Waals surface area contributed by atoms with Crippen molar-refractivity contribution >= 4 is 34.8 Å². The summed E-state index contributed by atoms with van der Waals surface area (Å²) in [6, 6.07) is 23.0. The molecule has 0 aromatic heterocycles. The van der Waals surface area contributed by atoms with Gasteiger partial charge in [-0.05, 0) is 29.8 Å². The van der Waals surface area contributed by atoms with Crippen molar-refractivity contribution in [2.75, 3.05) is 19.1 Å². The van der Waals surface area contributed by atoms with Gasteiger partial charge in [0, 0.05) is 46.0 Å². The van der Waals surface area contributed by atoms with Crippen molar-refractivity contribution < 1.29 is 28.8 Å². The van der Waals surface area contributed by atoms with Gasteiger partial charge in [-0.1, -0.05) is 66.7 Å². The first kappa shape index (κ1) is 27.3. The van der Waals surface area contributed by atoms with Crippen molar-refractivity contribution in [3.8, 4) is 11.5 Å². The molecule has 44 heavy (non-hydrogen) atoms. The molecule has 0 unspecified atom stereocenters. The van der Waals surface area contributed by atoms with Crippen LogP contribution in [-0.4, -0.2) is 48.6 Å². The van der Waals surface area contributed by atoms with Gasteiger partial charge in [0.25, 0.3) is 5.69 Å². The number of methoxy groups -OCH3 is 2. The van der Waals surface area contributed by atoms with Crippen LogP contribution in [0.4, 0.5) is 11.4 Å². The van der Waals surface area contributed by atoms with Crippen molar-refractivity contribution in [2.24, 2.45) is 5.41 Å². The zero-order chi connectivity index (χ0) is 30.7. The van der Waals surface area contributed by atoms with Crippen LogP contribution in [0.25, 0.3) is 6.08 Å². The fraction of sp³-hybridized carbons (Fsp3) is 0.171. The predicted octanol–water partition coefficient (Wildman–Crippen LogP) is 5.93. The van der Waals surface area contributed by atoms with Crippen LogP contribution in [0.2, 0.25) is 0 Å². The maximum Gasteiger partial charge on any atom is 0.269 e. The van der Waals surface area contributed by atoms with E-state index in [2.05, 4.69) is 0 Å². The lowest BCUT2D eigenvalue weighted by Crippen LogP contribution is -2.48. The molecule has 4 aromatic rings. The molecule has 1 saturated heterocycles. The summed E-state index contributed by atoms with van der Waals surface area (Å²) in [5.74, 6) is -1.45. The number of nitrogens with zero attached hydrogens (tertiary/aromatic N) is 2. The molecular weight excluding hydrogens is 560 g/mol. The molecule has 4 aromatic carbocycles. The second-order valence-corrected chi connectivity index (χ2v) is 11.0. The molecule has 0 saturated carbocycles. The highest BCUT2D eigenvalue weighted by molar-refractivity contribution is 6.32. The summed E-state index contributed by atoms with van der Waals surface area (Å²) in [5, 5.41) is 11.4. The number of anilines is 1. The van der Waals surface area contributed by atoms with E-state index in [-0.39, 0.29) is 22.8 Å². The summed E-state index contributed by atoms with van der Waals surface area (Å²) in [4.78, 5) is 57.2. The van der Waals surface area contributed by atoms with Gasteiger partial charge >= 0.3 is 0 Å². The molecule has 7 rings (SSSR count). The summed E-state index contributed by atoms with van der Waals surface area (Å²) in [6.07, 6.45) is 3.73. The van der Waals surface area contributed by atoms with Crippen molar-refractivity contribution in [3.05, 3.63) is 135 Å². The molecule has 3 aliphatic rings. The number of nitro benzene ring substituents is 1. The van der Waals surface area contributed by atoms with Crippen molar-refractivity contribution in [1.29, 1.82) is 0 Å². The summed E-state index contributed by atoms with van der Waals surface area (Å²) in [7, 11) is 2.97. The lowest BCUT2D eigenvalue weighted by atomic mass is 9.64. The minimum absolute atomic E-state index is 0.156. The molecule has 1 spiro atoms. The average Bonchev–Trinajstić information content (AvgIpc) is 3.49. The van der Waals surface area contributed by atoms with E-state index < -0.39 is 34.1 Å². The summed E-state index contributed by atoms with van der Waals surface area (Å²) < 4.78 is 11.5. The van der Waals surface area contributed by atoms with Crippen LogP contribution in [0.15, 0.2) is 97.1 Å². The molecule has 1 fully saturated rings. The van der Waals surface area contributed by atoms with Crippen LogP contribution >= 0.6 is 0 Å². The largest absolute Gasteiger partial charge is 0.493 e. The number of ether oxygens (including phenoxy) is 2. The van der Waals surface area contributed by atoms with Gasteiger partial charge in [0.1, 0.15) is 11.5 Å².